The largest absolute Gasteiger partial charge is 0.488 e. The first kappa shape index (κ1) is 17.7. The van der Waals surface area contributed by atoms with Crippen molar-refractivity contribution in [1.29, 1.82) is 0 Å². The second-order valence-corrected chi connectivity index (χ2v) is 6.55. The van der Waals surface area contributed by atoms with Gasteiger partial charge in [-0.15, -0.1) is 0 Å². The molecule has 1 saturated heterocycles. The molecule has 0 unspecified atom stereocenters. The van der Waals surface area contributed by atoms with Crippen LogP contribution in [0.1, 0.15) is 30.5 Å². The van der Waals surface area contributed by atoms with E-state index in [4.69, 9.17) is 14.2 Å². The molecular weight excluding hydrogens is 332 g/mol. The first-order valence-corrected chi connectivity index (χ1v) is 8.30. The summed E-state index contributed by atoms with van der Waals surface area (Å²) in [4.78, 5) is 24.3. The smallest absolute Gasteiger partial charge is 0.348 e. The van der Waals surface area contributed by atoms with Gasteiger partial charge in [0.15, 0.2) is 0 Å². The van der Waals surface area contributed by atoms with E-state index < -0.39 is 17.7 Å². The average Bonchev–Trinajstić information content (AvgIpc) is 2.57. The van der Waals surface area contributed by atoms with Crippen molar-refractivity contribution in [2.45, 2.75) is 33.2 Å². The van der Waals surface area contributed by atoms with Crippen LogP contribution in [0.2, 0.25) is 0 Å². The van der Waals surface area contributed by atoms with Gasteiger partial charge in [0.1, 0.15) is 17.9 Å². The van der Waals surface area contributed by atoms with Gasteiger partial charge in [-0.05, 0) is 30.2 Å². The Balaban J connectivity index is 1.88. The highest BCUT2D eigenvalue weighted by Gasteiger charge is 2.38. The molecule has 0 aliphatic carbocycles. The molecule has 0 radical (unpaired) electrons. The number of carbonyl (C=O) groups is 2. The van der Waals surface area contributed by atoms with Gasteiger partial charge in [-0.1, -0.05) is 42.5 Å². The van der Waals surface area contributed by atoms with E-state index in [1.165, 1.54) is 19.9 Å². The van der Waals surface area contributed by atoms with Gasteiger partial charge >= 0.3 is 11.9 Å². The molecule has 0 spiro atoms. The Hall–Kier alpha value is -3.08. The maximum Gasteiger partial charge on any atom is 0.348 e. The predicted molar refractivity (Wildman–Crippen MR) is 96.2 cm³/mol. The molecule has 5 nitrogen and oxygen atoms in total. The third kappa shape index (κ3) is 4.11. The first-order chi connectivity index (χ1) is 12.3. The van der Waals surface area contributed by atoms with Crippen molar-refractivity contribution in [3.8, 4) is 5.75 Å². The van der Waals surface area contributed by atoms with Crippen molar-refractivity contribution in [2.24, 2.45) is 0 Å². The number of hydrogen-bond donors (Lipinski definition) is 0. The highest BCUT2D eigenvalue weighted by atomic mass is 16.7. The van der Waals surface area contributed by atoms with Crippen LogP contribution in [-0.2, 0) is 25.7 Å². The number of benzene rings is 2. The molecule has 0 saturated carbocycles. The lowest BCUT2D eigenvalue weighted by molar-refractivity contribution is -0.222. The highest BCUT2D eigenvalue weighted by Crippen LogP contribution is 2.28. The van der Waals surface area contributed by atoms with Crippen molar-refractivity contribution >= 4 is 18.0 Å². The topological polar surface area (TPSA) is 61.8 Å². The van der Waals surface area contributed by atoms with E-state index in [-0.39, 0.29) is 5.57 Å². The van der Waals surface area contributed by atoms with Crippen molar-refractivity contribution in [3.63, 3.8) is 0 Å². The van der Waals surface area contributed by atoms with Gasteiger partial charge in [0, 0.05) is 19.4 Å². The van der Waals surface area contributed by atoms with Crippen LogP contribution in [-0.4, -0.2) is 17.7 Å². The summed E-state index contributed by atoms with van der Waals surface area (Å²) in [5.74, 6) is -2.10. The summed E-state index contributed by atoms with van der Waals surface area (Å²) >= 11 is 0. The van der Waals surface area contributed by atoms with Crippen LogP contribution in [0.5, 0.6) is 5.75 Å². The van der Waals surface area contributed by atoms with E-state index >= 15 is 0 Å². The number of cyclic esters (lactones) is 2. The standard InChI is InChI=1S/C21H20O5/c1-14-9-10-16(12-17-19(22)25-21(2,3)26-20(17)23)18(11-14)24-13-15-7-5-4-6-8-15/h4-12H,13H2,1-3H3. The lowest BCUT2D eigenvalue weighted by Gasteiger charge is -2.29. The zero-order chi connectivity index (χ0) is 18.7. The third-order valence-electron chi connectivity index (χ3n) is 3.82. The molecule has 1 aliphatic heterocycles. The number of carbonyl (C=O) groups excluding carboxylic acids is 2. The van der Waals surface area contributed by atoms with Crippen molar-refractivity contribution in [3.05, 3.63) is 70.8 Å². The Morgan fingerprint density at radius 1 is 1.00 bits per heavy atom. The molecule has 1 aliphatic rings. The summed E-state index contributed by atoms with van der Waals surface area (Å²) in [6.45, 7) is 5.35. The molecule has 2 aromatic rings. The Morgan fingerprint density at radius 3 is 2.31 bits per heavy atom. The van der Waals surface area contributed by atoms with Crippen molar-refractivity contribution in [1.82, 2.24) is 0 Å². The fraction of sp³-hybridized carbons (Fsp3) is 0.238. The van der Waals surface area contributed by atoms with Crippen LogP contribution in [0.15, 0.2) is 54.1 Å². The number of esters is 2. The fourth-order valence-electron chi connectivity index (χ4n) is 2.56. The third-order valence-corrected chi connectivity index (χ3v) is 3.82. The molecule has 0 N–H and O–H groups in total. The van der Waals surface area contributed by atoms with Gasteiger partial charge in [0.2, 0.25) is 0 Å². The van der Waals surface area contributed by atoms with Gasteiger partial charge in [-0.2, -0.15) is 0 Å². The summed E-state index contributed by atoms with van der Waals surface area (Å²) in [5.41, 5.74) is 2.48. The first-order valence-electron chi connectivity index (χ1n) is 8.30. The van der Waals surface area contributed by atoms with Crippen molar-refractivity contribution in [2.75, 3.05) is 0 Å². The van der Waals surface area contributed by atoms with E-state index in [0.717, 1.165) is 11.1 Å². The van der Waals surface area contributed by atoms with Crippen LogP contribution in [0.3, 0.4) is 0 Å². The van der Waals surface area contributed by atoms with E-state index in [2.05, 4.69) is 0 Å². The second kappa shape index (κ2) is 7.04. The zero-order valence-electron chi connectivity index (χ0n) is 14.9. The monoisotopic (exact) mass is 352 g/mol. The Morgan fingerprint density at radius 2 is 1.65 bits per heavy atom. The van der Waals surface area contributed by atoms with E-state index in [1.807, 2.05) is 49.4 Å². The molecule has 26 heavy (non-hydrogen) atoms. The number of rotatable bonds is 4. The second-order valence-electron chi connectivity index (χ2n) is 6.55. The SMILES string of the molecule is Cc1ccc(C=C2C(=O)OC(C)(C)OC2=O)c(OCc2ccccc2)c1. The van der Waals surface area contributed by atoms with Crippen LogP contribution >= 0.6 is 0 Å². The number of aryl methyl sites for hydroxylation is 1. The van der Waals surface area contributed by atoms with Crippen LogP contribution < -0.4 is 4.74 Å². The summed E-state index contributed by atoms with van der Waals surface area (Å²) in [5, 5.41) is 0. The van der Waals surface area contributed by atoms with Crippen molar-refractivity contribution < 1.29 is 23.8 Å². The lowest BCUT2D eigenvalue weighted by Crippen LogP contribution is -2.41. The van der Waals surface area contributed by atoms with Gasteiger partial charge in [-0.3, -0.25) is 0 Å². The zero-order valence-corrected chi connectivity index (χ0v) is 14.9. The van der Waals surface area contributed by atoms with Gasteiger partial charge in [0.05, 0.1) is 0 Å². The number of hydrogen-bond acceptors (Lipinski definition) is 5. The molecule has 0 atom stereocenters. The minimum absolute atomic E-state index is 0.155. The molecule has 1 heterocycles. The van der Waals surface area contributed by atoms with E-state index in [9.17, 15) is 9.59 Å². The lowest BCUT2D eigenvalue weighted by atomic mass is 10.1. The summed E-state index contributed by atoms with van der Waals surface area (Å²) in [6, 6.07) is 15.3. The molecule has 134 valence electrons. The summed E-state index contributed by atoms with van der Waals surface area (Å²) < 4.78 is 16.2. The van der Waals surface area contributed by atoms with Crippen LogP contribution in [0.25, 0.3) is 6.08 Å². The minimum Gasteiger partial charge on any atom is -0.488 e. The van der Waals surface area contributed by atoms with Crippen LogP contribution in [0, 0.1) is 6.92 Å². The molecule has 1 fully saturated rings. The van der Waals surface area contributed by atoms with E-state index in [0.29, 0.717) is 17.9 Å². The molecule has 3 rings (SSSR count). The molecule has 0 aromatic heterocycles. The quantitative estimate of drug-likeness (QED) is 0.476. The summed E-state index contributed by atoms with van der Waals surface area (Å²) in [6.07, 6.45) is 1.44. The maximum absolute atomic E-state index is 12.2. The van der Waals surface area contributed by atoms with E-state index in [1.54, 1.807) is 6.07 Å². The van der Waals surface area contributed by atoms with Gasteiger partial charge in [0.25, 0.3) is 5.79 Å². The highest BCUT2D eigenvalue weighted by molar-refractivity contribution is 6.19. The predicted octanol–water partition coefficient (Wildman–Crippen LogP) is 3.79. The molecule has 2 aromatic carbocycles. The molecule has 0 amide bonds. The minimum atomic E-state index is -1.26. The van der Waals surface area contributed by atoms with Gasteiger partial charge in [-0.25, -0.2) is 9.59 Å². The number of ether oxygens (including phenoxy) is 3. The molecule has 0 bridgehead atoms. The average molecular weight is 352 g/mol. The Bertz CT molecular complexity index is 843. The fourth-order valence-corrected chi connectivity index (χ4v) is 2.56. The molecular formula is C21H20O5. The van der Waals surface area contributed by atoms with Crippen LogP contribution in [0.4, 0.5) is 0 Å². The summed E-state index contributed by atoms with van der Waals surface area (Å²) in [7, 11) is 0. The normalized spacial score (nSPS) is 15.9. The Labute approximate surface area is 152 Å². The molecule has 5 heteroatoms. The Kier molecular flexibility index (Phi) is 4.80. The maximum atomic E-state index is 12.2. The van der Waals surface area contributed by atoms with Gasteiger partial charge < -0.3 is 14.2 Å².